The van der Waals surface area contributed by atoms with E-state index in [4.69, 9.17) is 122 Å². The van der Waals surface area contributed by atoms with E-state index >= 15 is 0 Å². The Morgan fingerprint density at radius 2 is 0.207 bits per heavy atom. The maximum atomic E-state index is 11.3. The molecular formula is C112H233ClN8O24. The van der Waals surface area contributed by atoms with Crippen LogP contribution in [-0.2, 0) is 114 Å². The number of rotatable bonds is 104. The molecule has 0 fully saturated rings. The summed E-state index contributed by atoms with van der Waals surface area (Å²) >= 11 is 0. The Balaban J connectivity index is -0.000000208. The molecule has 0 aromatic rings. The number of carbonyl (C=O) groups is 8. The van der Waals surface area contributed by atoms with Crippen molar-refractivity contribution in [3.8, 4) is 0 Å². The molecule has 0 heterocycles. The predicted molar refractivity (Wildman–Crippen MR) is 595 cm³/mol. The van der Waals surface area contributed by atoms with Gasteiger partial charge in [0.2, 0.25) is 0 Å². The van der Waals surface area contributed by atoms with Crippen LogP contribution in [0.15, 0.2) is 0 Å². The van der Waals surface area contributed by atoms with Gasteiger partial charge in [0.1, 0.15) is 52.9 Å². The molecule has 0 aliphatic heterocycles. The van der Waals surface area contributed by atoms with Crippen LogP contribution in [0, 0.1) is 0 Å². The Bertz CT molecular complexity index is 1980. The van der Waals surface area contributed by atoms with Crippen LogP contribution in [0.2, 0.25) is 0 Å². The quantitative estimate of drug-likeness (QED) is 0.0159. The van der Waals surface area contributed by atoms with Crippen LogP contribution in [0.3, 0.4) is 0 Å². The molecule has 33 heteroatoms. The van der Waals surface area contributed by atoms with E-state index in [1.165, 1.54) is 257 Å². The molecule has 872 valence electrons. The highest BCUT2D eigenvalue weighted by Crippen LogP contribution is 2.17. The summed E-state index contributed by atoms with van der Waals surface area (Å²) in [6.45, 7) is 32.3. The van der Waals surface area contributed by atoms with Gasteiger partial charge in [0.15, 0.2) is 0 Å². The third kappa shape index (κ3) is 173. The highest BCUT2D eigenvalue weighted by atomic mass is 35.5. The Morgan fingerprint density at radius 3 is 0.290 bits per heavy atom. The molecule has 0 atom stereocenters. The minimum Gasteiger partial charge on any atom is -0.463 e. The fourth-order valence-electron chi connectivity index (χ4n) is 13.6. The van der Waals surface area contributed by atoms with Crippen LogP contribution < -0.4 is 45.9 Å². The van der Waals surface area contributed by atoms with E-state index in [2.05, 4.69) is 55.4 Å². The topological polar surface area (TPSA) is 492 Å². The van der Waals surface area contributed by atoms with Crippen LogP contribution >= 0.6 is 12.4 Å². The van der Waals surface area contributed by atoms with Gasteiger partial charge in [-0.2, -0.15) is 0 Å². The summed E-state index contributed by atoms with van der Waals surface area (Å²) in [6.07, 6.45) is 72.3. The molecule has 0 saturated carbocycles. The molecule has 0 rings (SSSR count). The van der Waals surface area contributed by atoms with Crippen molar-refractivity contribution in [2.45, 2.75) is 466 Å². The smallest absolute Gasteiger partial charge is 0.305 e. The fraction of sp³-hybridized carbons (Fsp3) is 0.929. The highest BCUT2D eigenvalue weighted by molar-refractivity contribution is 5.85. The Hall–Kier alpha value is -4.59. The first-order valence-electron chi connectivity index (χ1n) is 57.9. The van der Waals surface area contributed by atoms with Gasteiger partial charge < -0.3 is 122 Å². The van der Waals surface area contributed by atoms with E-state index in [1.807, 2.05) is 0 Å². The molecule has 32 nitrogen and oxygen atoms in total. The monoisotopic (exact) mass is 2110 g/mol. The van der Waals surface area contributed by atoms with Crippen LogP contribution in [-0.4, -0.2) is 259 Å². The third-order valence-corrected chi connectivity index (χ3v) is 21.9. The Labute approximate surface area is 892 Å². The minimum atomic E-state index is -0.111. The Kier molecular flexibility index (Phi) is 169. The molecule has 0 saturated heterocycles. The first-order valence-corrected chi connectivity index (χ1v) is 57.9. The fourth-order valence-corrected chi connectivity index (χ4v) is 13.6. The van der Waals surface area contributed by atoms with Gasteiger partial charge in [-0.05, 0) is 51.4 Å². The molecule has 145 heavy (non-hydrogen) atoms. The van der Waals surface area contributed by atoms with Crippen molar-refractivity contribution < 1.29 is 114 Å². The van der Waals surface area contributed by atoms with Crippen molar-refractivity contribution in [1.29, 1.82) is 0 Å². The van der Waals surface area contributed by atoms with Crippen molar-refractivity contribution >= 4 is 60.2 Å². The number of ether oxygens (including phenoxy) is 16. The highest BCUT2D eigenvalue weighted by Gasteiger charge is 2.11. The van der Waals surface area contributed by atoms with E-state index < -0.39 is 0 Å². The zero-order valence-electron chi connectivity index (χ0n) is 94.7. The number of halogens is 1. The first kappa shape index (κ1) is 158. The van der Waals surface area contributed by atoms with Crippen molar-refractivity contribution in [3.05, 3.63) is 0 Å². The second kappa shape index (κ2) is 155. The van der Waals surface area contributed by atoms with Crippen molar-refractivity contribution in [2.75, 3.05) is 211 Å². The number of nitrogens with two attached hydrogens (primary N) is 8. The molecule has 0 aliphatic rings. The molecular weight excluding hydrogens is 1880 g/mol. The maximum Gasteiger partial charge on any atom is 0.305 e. The molecule has 0 amide bonds. The van der Waals surface area contributed by atoms with Gasteiger partial charge >= 0.3 is 47.8 Å². The molecule has 0 spiro atoms. The van der Waals surface area contributed by atoms with Crippen LogP contribution in [0.1, 0.15) is 466 Å². The maximum absolute atomic E-state index is 11.3. The SMILES string of the molecule is CCCCCCCCCC(=O)OCCOCCN.CCCCCCCCCC(=O)OCCOCCN.CCCCCCCCCC(=O)OCCOCCN.CCCCCCCCCC(=O)OCCOCCN.CCCCCCCCCC(=O)OCCOCCN.CCCCCCCCCC(=O)OCCOCCN.CCCCCCCCCC(=O)OCCOCCN.CCCCCCCCCC(=O)OCCOCCN.Cl. The normalized spacial score (nSPS) is 10.5. The minimum absolute atomic E-state index is 0. The Morgan fingerprint density at radius 1 is 0.124 bits per heavy atom. The molecule has 0 radical (unpaired) electrons. The molecule has 0 aliphatic carbocycles. The second-order valence-corrected chi connectivity index (χ2v) is 35.9. The van der Waals surface area contributed by atoms with Gasteiger partial charge in [0.05, 0.1) is 106 Å². The van der Waals surface area contributed by atoms with E-state index in [-0.39, 0.29) is 60.2 Å². The van der Waals surface area contributed by atoms with Gasteiger partial charge in [-0.15, -0.1) is 12.4 Å². The molecule has 0 bridgehead atoms. The van der Waals surface area contributed by atoms with Crippen molar-refractivity contribution in [3.63, 3.8) is 0 Å². The lowest BCUT2D eigenvalue weighted by molar-refractivity contribution is -0.146. The summed E-state index contributed by atoms with van der Waals surface area (Å²) in [5.41, 5.74) is 42.1. The molecule has 16 N–H and O–H groups in total. The number of esters is 8. The lowest BCUT2D eigenvalue weighted by atomic mass is 10.1. The van der Waals surface area contributed by atoms with Crippen molar-refractivity contribution in [2.24, 2.45) is 45.9 Å². The summed E-state index contributed by atoms with van der Waals surface area (Å²) < 4.78 is 81.1. The predicted octanol–water partition coefficient (Wildman–Crippen LogP) is 21.6. The van der Waals surface area contributed by atoms with Gasteiger partial charge in [-0.1, -0.05) is 364 Å². The van der Waals surface area contributed by atoms with Crippen LogP contribution in [0.25, 0.3) is 0 Å². The number of carbonyl (C=O) groups excluding carboxylic acids is 8. The summed E-state index contributed by atoms with van der Waals surface area (Å²) in [6, 6.07) is 0. The number of hydrogen-bond acceptors (Lipinski definition) is 32. The molecule has 0 aromatic carbocycles. The van der Waals surface area contributed by atoms with E-state index in [0.717, 1.165) is 103 Å². The molecule has 0 aromatic heterocycles. The van der Waals surface area contributed by atoms with Gasteiger partial charge in [-0.25, -0.2) is 0 Å². The van der Waals surface area contributed by atoms with Gasteiger partial charge in [-0.3, -0.25) is 38.4 Å². The largest absolute Gasteiger partial charge is 0.463 e. The van der Waals surface area contributed by atoms with E-state index in [1.54, 1.807) is 0 Å². The standard InChI is InChI=1S/8C14H29NO3.ClH/c8*1-2-3-4-5-6-7-8-9-14(16)18-13-12-17-11-10-15;/h8*2-13,15H2,1H3;1H. The summed E-state index contributed by atoms with van der Waals surface area (Å²) in [4.78, 5) is 90.5. The number of hydrogen-bond donors (Lipinski definition) is 8. The summed E-state index contributed by atoms with van der Waals surface area (Å²) in [5, 5.41) is 0. The zero-order chi connectivity index (χ0) is 108. The van der Waals surface area contributed by atoms with E-state index in [0.29, 0.717) is 262 Å². The average molecular weight is 2110 g/mol. The lowest BCUT2D eigenvalue weighted by Crippen LogP contribution is -2.14. The molecule has 0 unspecified atom stereocenters. The lowest BCUT2D eigenvalue weighted by Gasteiger charge is -2.05. The average Bonchev–Trinajstić information content (AvgIpc) is 1.08. The summed E-state index contributed by atoms with van der Waals surface area (Å²) in [7, 11) is 0. The van der Waals surface area contributed by atoms with Gasteiger partial charge in [0, 0.05) is 104 Å². The van der Waals surface area contributed by atoms with Crippen LogP contribution in [0.4, 0.5) is 0 Å². The van der Waals surface area contributed by atoms with Gasteiger partial charge in [0.25, 0.3) is 0 Å². The zero-order valence-corrected chi connectivity index (χ0v) is 95.5. The first-order chi connectivity index (χ1) is 70.5. The van der Waals surface area contributed by atoms with E-state index in [9.17, 15) is 38.4 Å². The van der Waals surface area contributed by atoms with Crippen LogP contribution in [0.5, 0.6) is 0 Å². The summed E-state index contributed by atoms with van der Waals surface area (Å²) in [5.74, 6) is -0.890. The van der Waals surface area contributed by atoms with Crippen molar-refractivity contribution in [1.82, 2.24) is 0 Å². The second-order valence-electron chi connectivity index (χ2n) is 35.9. The number of unbranched alkanes of at least 4 members (excludes halogenated alkanes) is 48. The third-order valence-electron chi connectivity index (χ3n) is 21.9.